The van der Waals surface area contributed by atoms with E-state index in [9.17, 15) is 0 Å². The lowest BCUT2D eigenvalue weighted by Crippen LogP contribution is -2.45. The molecule has 0 radical (unpaired) electrons. The van der Waals surface area contributed by atoms with E-state index in [2.05, 4.69) is 185 Å². The summed E-state index contributed by atoms with van der Waals surface area (Å²) in [5.41, 5.74) is 15.7. The van der Waals surface area contributed by atoms with E-state index in [1.165, 1.54) is 103 Å². The second kappa shape index (κ2) is 28.2. The van der Waals surface area contributed by atoms with Gasteiger partial charge in [0.05, 0.1) is 52.9 Å². The molecule has 2 aliphatic heterocycles. The van der Waals surface area contributed by atoms with Crippen molar-refractivity contribution in [3.8, 4) is 33.8 Å². The van der Waals surface area contributed by atoms with Gasteiger partial charge in [0.25, 0.3) is 0 Å². The Labute approximate surface area is 475 Å². The Balaban J connectivity index is 0.907. The molecule has 8 heteroatoms. The summed E-state index contributed by atoms with van der Waals surface area (Å²) in [6.07, 6.45) is 18.5. The van der Waals surface area contributed by atoms with Gasteiger partial charge in [-0.25, -0.2) is 0 Å². The zero-order valence-corrected chi connectivity index (χ0v) is 48.9. The van der Waals surface area contributed by atoms with E-state index in [-0.39, 0.29) is 16.2 Å². The molecule has 9 rings (SSSR count). The Morgan fingerprint density at radius 1 is 0.430 bits per heavy atom. The Hall–Kier alpha value is -5.64. The van der Waals surface area contributed by atoms with E-state index < -0.39 is 0 Å². The first-order valence-corrected chi connectivity index (χ1v) is 30.5. The van der Waals surface area contributed by atoms with E-state index >= 15 is 0 Å². The van der Waals surface area contributed by atoms with E-state index in [0.717, 1.165) is 126 Å². The fourth-order valence-electron chi connectivity index (χ4n) is 12.0. The summed E-state index contributed by atoms with van der Waals surface area (Å²) >= 11 is 0. The van der Waals surface area contributed by atoms with Gasteiger partial charge < -0.3 is 38.2 Å². The zero-order chi connectivity index (χ0) is 54.9. The Morgan fingerprint density at radius 3 is 1.30 bits per heavy atom. The average Bonchev–Trinajstić information content (AvgIpc) is 3.77. The van der Waals surface area contributed by atoms with Crippen molar-refractivity contribution in [3.63, 3.8) is 0 Å². The number of unbranched alkanes of at least 4 members (excludes halogenated alkanes) is 8. The lowest BCUT2D eigenvalue weighted by molar-refractivity contribution is -0.150. The minimum atomic E-state index is -0.0203. The van der Waals surface area contributed by atoms with Crippen molar-refractivity contribution in [2.24, 2.45) is 10.8 Å². The number of fused-ring (bicyclic) bond motifs is 3. The number of hydrogen-bond donors (Lipinski definition) is 0. The molecule has 2 saturated heterocycles. The standard InChI is InChI=1S/C71H92N2O6/c1-7-11-13-15-41-71(42-16-14-12-8-2)67-47-55(5)21-39-65(67)66-40-34-62(48-68(66)71)73(61-32-37-64(38-33-61)79-46-20-18-44-75-50-70(10-4)53-77-54-70)60-28-24-57(25-29-60)56-22-26-58(27-23-56)72(6)59-30-35-63(36-31-59)78-45-19-17-43-74-49-69(9-3)51-76-52-69/h21-40,47-48H,7-20,41-46,49-54H2,1-6H3. The largest absolute Gasteiger partial charge is 0.494 e. The molecule has 0 atom stereocenters. The maximum Gasteiger partial charge on any atom is 0.119 e. The summed E-state index contributed by atoms with van der Waals surface area (Å²) in [6, 6.07) is 49.8. The summed E-state index contributed by atoms with van der Waals surface area (Å²) in [5, 5.41) is 0. The molecule has 0 N–H and O–H groups in total. The minimum Gasteiger partial charge on any atom is -0.494 e. The van der Waals surface area contributed by atoms with Crippen LogP contribution in [0.4, 0.5) is 28.4 Å². The van der Waals surface area contributed by atoms with E-state index in [1.54, 1.807) is 5.56 Å². The highest BCUT2D eigenvalue weighted by Gasteiger charge is 2.43. The fraction of sp³-hybridized carbons (Fsp3) is 0.493. The minimum absolute atomic E-state index is 0.0203. The number of nitrogens with zero attached hydrogens (tertiary/aromatic N) is 2. The molecular weight excluding hydrogens is 977 g/mol. The third-order valence-corrected chi connectivity index (χ3v) is 17.6. The lowest BCUT2D eigenvalue weighted by atomic mass is 9.70. The highest BCUT2D eigenvalue weighted by molar-refractivity contribution is 5.86. The van der Waals surface area contributed by atoms with Gasteiger partial charge in [0.2, 0.25) is 0 Å². The quantitative estimate of drug-likeness (QED) is 0.0371. The predicted molar refractivity (Wildman–Crippen MR) is 328 cm³/mol. The summed E-state index contributed by atoms with van der Waals surface area (Å²) in [4.78, 5) is 4.68. The Kier molecular flexibility index (Phi) is 20.7. The van der Waals surface area contributed by atoms with Gasteiger partial charge in [-0.3, -0.25) is 0 Å². The van der Waals surface area contributed by atoms with Gasteiger partial charge in [-0.1, -0.05) is 133 Å². The monoisotopic (exact) mass is 1070 g/mol. The van der Waals surface area contributed by atoms with Crippen LogP contribution in [-0.2, 0) is 24.4 Å². The molecule has 0 spiro atoms. The average molecular weight is 1070 g/mol. The summed E-state index contributed by atoms with van der Waals surface area (Å²) in [5.74, 6) is 1.78. The van der Waals surface area contributed by atoms with Gasteiger partial charge >= 0.3 is 0 Å². The SMILES string of the molecule is CCCCCCC1(CCCCCC)c2cc(C)ccc2-c2ccc(N(c3ccc(OCCCCOCC4(CC)COC4)cc3)c3ccc(-c4ccc(N(C)c5ccc(OCCCCOCC6(CC)COC6)cc5)cc4)cc3)cc21. The van der Waals surface area contributed by atoms with Crippen molar-refractivity contribution >= 4 is 28.4 Å². The molecule has 0 amide bonds. The van der Waals surface area contributed by atoms with Crippen LogP contribution in [0.15, 0.2) is 133 Å². The maximum absolute atomic E-state index is 6.34. The third kappa shape index (κ3) is 14.3. The summed E-state index contributed by atoms with van der Waals surface area (Å²) < 4.78 is 35.4. The van der Waals surface area contributed by atoms with E-state index in [1.807, 2.05) is 0 Å². The number of hydrogen-bond acceptors (Lipinski definition) is 8. The van der Waals surface area contributed by atoms with Crippen LogP contribution >= 0.6 is 0 Å². The molecule has 2 heterocycles. The maximum atomic E-state index is 6.34. The van der Waals surface area contributed by atoms with Gasteiger partial charge in [-0.15, -0.1) is 0 Å². The van der Waals surface area contributed by atoms with Crippen molar-refractivity contribution in [2.45, 2.75) is 143 Å². The number of aryl methyl sites for hydroxylation is 1. The molecule has 0 aromatic heterocycles. The van der Waals surface area contributed by atoms with E-state index in [4.69, 9.17) is 28.4 Å². The van der Waals surface area contributed by atoms with Crippen LogP contribution in [0.1, 0.15) is 147 Å². The van der Waals surface area contributed by atoms with Gasteiger partial charge in [0.1, 0.15) is 11.5 Å². The van der Waals surface area contributed by atoms with Crippen LogP contribution in [0.2, 0.25) is 0 Å². The molecule has 8 nitrogen and oxygen atoms in total. The first-order chi connectivity index (χ1) is 38.7. The highest BCUT2D eigenvalue weighted by atomic mass is 16.5. The van der Waals surface area contributed by atoms with Crippen LogP contribution in [0, 0.1) is 17.8 Å². The number of anilines is 5. The molecule has 0 unspecified atom stereocenters. The fourth-order valence-corrected chi connectivity index (χ4v) is 12.0. The van der Waals surface area contributed by atoms with E-state index in [0.29, 0.717) is 13.2 Å². The first kappa shape index (κ1) is 58.0. The smallest absolute Gasteiger partial charge is 0.119 e. The Bertz CT molecular complexity index is 2760. The van der Waals surface area contributed by atoms with Crippen molar-refractivity contribution < 1.29 is 28.4 Å². The van der Waals surface area contributed by atoms with Gasteiger partial charge in [-0.2, -0.15) is 0 Å². The van der Waals surface area contributed by atoms with Crippen LogP contribution in [0.25, 0.3) is 22.3 Å². The Morgan fingerprint density at radius 2 is 0.848 bits per heavy atom. The van der Waals surface area contributed by atoms with Crippen molar-refractivity contribution in [2.75, 3.05) is 82.9 Å². The van der Waals surface area contributed by atoms with Crippen molar-refractivity contribution in [1.82, 2.24) is 0 Å². The summed E-state index contributed by atoms with van der Waals surface area (Å²) in [6.45, 7) is 19.1. The predicted octanol–water partition coefficient (Wildman–Crippen LogP) is 18.3. The van der Waals surface area contributed by atoms with Crippen molar-refractivity contribution in [1.29, 1.82) is 0 Å². The van der Waals surface area contributed by atoms with Gasteiger partial charge in [0, 0.05) is 64.9 Å². The number of rotatable bonds is 34. The second-order valence-electron chi connectivity index (χ2n) is 23.4. The molecule has 6 aromatic carbocycles. The van der Waals surface area contributed by atoms with Crippen molar-refractivity contribution in [3.05, 3.63) is 150 Å². The molecule has 3 aliphatic rings. The van der Waals surface area contributed by atoms with Gasteiger partial charge in [0.15, 0.2) is 0 Å². The molecule has 79 heavy (non-hydrogen) atoms. The van der Waals surface area contributed by atoms with Crippen LogP contribution in [0.5, 0.6) is 11.5 Å². The molecule has 0 saturated carbocycles. The van der Waals surface area contributed by atoms with Gasteiger partial charge in [-0.05, 0) is 177 Å². The van der Waals surface area contributed by atoms with Crippen LogP contribution < -0.4 is 19.3 Å². The van der Waals surface area contributed by atoms with Crippen LogP contribution in [-0.4, -0.2) is 73.1 Å². The highest BCUT2D eigenvalue weighted by Crippen LogP contribution is 2.56. The molecule has 6 aromatic rings. The molecular formula is C71H92N2O6. The number of ether oxygens (including phenoxy) is 6. The van der Waals surface area contributed by atoms with Crippen LogP contribution in [0.3, 0.4) is 0 Å². The summed E-state index contributed by atoms with van der Waals surface area (Å²) in [7, 11) is 2.12. The molecule has 422 valence electrons. The third-order valence-electron chi connectivity index (χ3n) is 17.6. The molecule has 2 fully saturated rings. The normalized spacial score (nSPS) is 15.4. The zero-order valence-electron chi connectivity index (χ0n) is 48.9. The second-order valence-corrected chi connectivity index (χ2v) is 23.4. The first-order valence-electron chi connectivity index (χ1n) is 30.5. The molecule has 0 bridgehead atoms. The molecule has 1 aliphatic carbocycles. The number of benzene rings is 6. The lowest BCUT2D eigenvalue weighted by Gasteiger charge is -2.40. The topological polar surface area (TPSA) is 61.9 Å².